The van der Waals surface area contributed by atoms with E-state index in [1.807, 2.05) is 0 Å². The number of hydrogen-bond acceptors (Lipinski definition) is 11. The van der Waals surface area contributed by atoms with Crippen molar-refractivity contribution in [1.29, 1.82) is 0 Å². The molecule has 0 rings (SSSR count). The second-order valence-electron chi connectivity index (χ2n) is 10.9. The molecule has 0 aromatic carbocycles. The number of carboxylic acid groups (broad SMARTS) is 3. The Labute approximate surface area is 267 Å². The van der Waals surface area contributed by atoms with Crippen LogP contribution >= 0.6 is 0 Å². The zero-order valence-electron chi connectivity index (χ0n) is 26.1. The summed E-state index contributed by atoms with van der Waals surface area (Å²) in [6.45, 7) is 0.546. The summed E-state index contributed by atoms with van der Waals surface area (Å²) in [5.74, 6) is -8.28. The van der Waals surface area contributed by atoms with Gasteiger partial charge in [-0.2, -0.15) is 0 Å². The molecule has 17 heteroatoms. The number of methoxy groups -OCH3 is 1. The average molecular weight is 679 g/mol. The number of carbonyl (C=O) groups excluding carboxylic acids is 5. The molecular weight excluding hydrogens is 632 g/mol. The van der Waals surface area contributed by atoms with Gasteiger partial charge in [0.05, 0.1) is 18.3 Å². The van der Waals surface area contributed by atoms with Gasteiger partial charge in [-0.15, -0.1) is 0 Å². The second-order valence-corrected chi connectivity index (χ2v) is 13.1. The van der Waals surface area contributed by atoms with E-state index in [1.54, 1.807) is 0 Å². The molecule has 0 bridgehead atoms. The van der Waals surface area contributed by atoms with E-state index in [0.29, 0.717) is 0 Å². The fourth-order valence-electron chi connectivity index (χ4n) is 4.25. The Balaban J connectivity index is 4.40. The molecule has 2 amide bonds. The number of carboxylic acids is 3. The number of hydrogen-bond donors (Lipinski definition) is 5. The summed E-state index contributed by atoms with van der Waals surface area (Å²) in [6, 6.07) is -1.39. The van der Waals surface area contributed by atoms with E-state index in [0.717, 1.165) is 0 Å². The minimum absolute atomic E-state index is 0.0144. The predicted molar refractivity (Wildman–Crippen MR) is 162 cm³/mol. The van der Waals surface area contributed by atoms with Gasteiger partial charge in [0.25, 0.3) is 0 Å². The molecule has 0 saturated heterocycles. The van der Waals surface area contributed by atoms with Crippen molar-refractivity contribution in [2.75, 3.05) is 31.8 Å². The third-order valence-corrected chi connectivity index (χ3v) is 8.44. The third-order valence-electron chi connectivity index (χ3n) is 6.76. The molecular formula is C29H46N2O14S. The normalized spacial score (nSPS) is 12.5. The van der Waals surface area contributed by atoms with E-state index in [2.05, 4.69) is 10.6 Å². The van der Waals surface area contributed by atoms with Crippen LogP contribution in [0.25, 0.3) is 0 Å². The highest BCUT2D eigenvalue weighted by atomic mass is 32.2. The summed E-state index contributed by atoms with van der Waals surface area (Å²) in [7, 11) is -2.27. The third kappa shape index (κ3) is 22.7. The Hall–Kier alpha value is -3.73. The van der Waals surface area contributed by atoms with E-state index < -0.39 is 75.3 Å². The Morgan fingerprint density at radius 2 is 1.30 bits per heavy atom. The first-order valence-corrected chi connectivity index (χ1v) is 16.9. The number of ketones is 3. The number of aliphatic carboxylic acids is 3. The van der Waals surface area contributed by atoms with Gasteiger partial charge in [0.15, 0.2) is 9.84 Å². The van der Waals surface area contributed by atoms with E-state index in [9.17, 15) is 57.0 Å². The van der Waals surface area contributed by atoms with Crippen molar-refractivity contribution in [1.82, 2.24) is 10.6 Å². The van der Waals surface area contributed by atoms with E-state index in [-0.39, 0.29) is 108 Å². The van der Waals surface area contributed by atoms with Crippen LogP contribution in [-0.2, 0) is 52.9 Å². The van der Waals surface area contributed by atoms with Crippen molar-refractivity contribution in [2.45, 2.75) is 95.9 Å². The summed E-state index contributed by atoms with van der Waals surface area (Å²) in [6.07, 6.45) is -1.04. The molecule has 2 atom stereocenters. The van der Waals surface area contributed by atoms with Crippen molar-refractivity contribution in [3.63, 3.8) is 0 Å². The lowest BCUT2D eigenvalue weighted by Crippen LogP contribution is -2.41. The number of unbranched alkanes of at least 4 members (excludes halogenated alkanes) is 1. The fraction of sp³-hybridized carbons (Fsp3) is 0.724. The van der Waals surface area contributed by atoms with Crippen LogP contribution in [0.15, 0.2) is 0 Å². The molecule has 0 aliphatic heterocycles. The molecule has 262 valence electrons. The van der Waals surface area contributed by atoms with Gasteiger partial charge < -0.3 is 30.7 Å². The molecule has 0 aromatic rings. The summed E-state index contributed by atoms with van der Waals surface area (Å²) < 4.78 is 28.9. The molecule has 0 aliphatic rings. The van der Waals surface area contributed by atoms with Crippen molar-refractivity contribution in [3.8, 4) is 0 Å². The quantitative estimate of drug-likeness (QED) is 0.0682. The monoisotopic (exact) mass is 678 g/mol. The van der Waals surface area contributed by atoms with E-state index in [4.69, 9.17) is 9.84 Å². The van der Waals surface area contributed by atoms with Crippen LogP contribution in [0, 0.1) is 5.92 Å². The minimum atomic E-state index is -3.73. The first kappa shape index (κ1) is 42.3. The van der Waals surface area contributed by atoms with Gasteiger partial charge in [0.2, 0.25) is 11.8 Å². The summed E-state index contributed by atoms with van der Waals surface area (Å²) in [4.78, 5) is 93.7. The van der Waals surface area contributed by atoms with Crippen LogP contribution < -0.4 is 10.6 Å². The molecule has 5 N–H and O–H groups in total. The number of ether oxygens (including phenoxy) is 1. The maximum Gasteiger partial charge on any atom is 0.326 e. The molecule has 16 nitrogen and oxygen atoms in total. The van der Waals surface area contributed by atoms with Gasteiger partial charge in [0.1, 0.15) is 29.1 Å². The Morgan fingerprint density at radius 1 is 0.674 bits per heavy atom. The van der Waals surface area contributed by atoms with Gasteiger partial charge in [0, 0.05) is 65.0 Å². The maximum absolute atomic E-state index is 12.4. The van der Waals surface area contributed by atoms with Gasteiger partial charge >= 0.3 is 17.9 Å². The number of nitrogens with one attached hydrogen (secondary N) is 2. The minimum Gasteiger partial charge on any atom is -0.481 e. The largest absolute Gasteiger partial charge is 0.481 e. The van der Waals surface area contributed by atoms with Crippen molar-refractivity contribution < 1.29 is 66.8 Å². The first-order valence-electron chi connectivity index (χ1n) is 15.0. The van der Waals surface area contributed by atoms with Crippen LogP contribution in [-0.4, -0.2) is 109 Å². The van der Waals surface area contributed by atoms with E-state index >= 15 is 0 Å². The lowest BCUT2D eigenvalue weighted by Gasteiger charge is -2.15. The highest BCUT2D eigenvalue weighted by Gasteiger charge is 2.25. The zero-order valence-corrected chi connectivity index (χ0v) is 26.9. The molecule has 46 heavy (non-hydrogen) atoms. The van der Waals surface area contributed by atoms with Crippen LogP contribution in [0.1, 0.15) is 89.9 Å². The molecule has 0 aliphatic carbocycles. The number of rotatable bonds is 29. The van der Waals surface area contributed by atoms with Crippen molar-refractivity contribution >= 4 is 56.9 Å². The maximum atomic E-state index is 12.4. The Morgan fingerprint density at radius 3 is 1.91 bits per heavy atom. The van der Waals surface area contributed by atoms with Crippen molar-refractivity contribution in [3.05, 3.63) is 0 Å². The molecule has 0 saturated carbocycles. The van der Waals surface area contributed by atoms with Gasteiger partial charge in [-0.25, -0.2) is 13.2 Å². The smallest absolute Gasteiger partial charge is 0.326 e. The molecule has 2 unspecified atom stereocenters. The molecule has 0 radical (unpaired) electrons. The fourth-order valence-corrected chi connectivity index (χ4v) is 5.62. The number of amides is 2. The van der Waals surface area contributed by atoms with Crippen LogP contribution in [0.5, 0.6) is 0 Å². The summed E-state index contributed by atoms with van der Waals surface area (Å²) in [5.41, 5.74) is 0. The molecule has 0 heterocycles. The number of sulfone groups is 1. The highest BCUT2D eigenvalue weighted by Crippen LogP contribution is 2.15. The Kier molecular flexibility index (Phi) is 21.7. The summed E-state index contributed by atoms with van der Waals surface area (Å²) >= 11 is 0. The highest BCUT2D eigenvalue weighted by molar-refractivity contribution is 7.92. The topological polar surface area (TPSA) is 265 Å². The first-order chi connectivity index (χ1) is 21.6. The lowest BCUT2D eigenvalue weighted by molar-refractivity contribution is -0.145. The SMILES string of the molecule is COCCNC(=O)CCC(CC(=O)CCC(NC(=O)CCCCC(=O)CCCS(=O)(=O)CC(=O)CCCC(=O)O)C(=O)O)C(=O)O. The predicted octanol–water partition coefficient (Wildman–Crippen LogP) is 0.687. The zero-order chi connectivity index (χ0) is 35.1. The van der Waals surface area contributed by atoms with E-state index in [1.165, 1.54) is 7.11 Å². The van der Waals surface area contributed by atoms with Crippen molar-refractivity contribution in [2.24, 2.45) is 5.92 Å². The van der Waals surface area contributed by atoms with Crippen LogP contribution in [0.2, 0.25) is 0 Å². The summed E-state index contributed by atoms with van der Waals surface area (Å²) in [5, 5.41) is 32.2. The average Bonchev–Trinajstić information content (AvgIpc) is 2.94. The molecule has 0 aromatic heterocycles. The lowest BCUT2D eigenvalue weighted by atomic mass is 9.94. The van der Waals surface area contributed by atoms with Crippen LogP contribution in [0.3, 0.4) is 0 Å². The standard InChI is InChI=1S/C29H46N2O14S/c1-45-16-15-30-25(35)14-11-20(28(39)40)18-22(33)12-13-24(29(41)42)31-26(36)9-3-2-6-21(32)8-5-17-46(43,44)19-23(34)7-4-10-27(37)38/h20,24H,2-19H2,1H3,(H,30,35)(H,31,36)(H,37,38)(H,39,40)(H,41,42). The Bertz CT molecular complexity index is 1170. The van der Waals surface area contributed by atoms with Gasteiger partial charge in [-0.3, -0.25) is 33.6 Å². The number of carbonyl (C=O) groups is 8. The molecule has 0 fully saturated rings. The van der Waals surface area contributed by atoms with Gasteiger partial charge in [-0.05, 0) is 38.5 Å². The molecule has 0 spiro atoms. The van der Waals surface area contributed by atoms with Crippen LogP contribution in [0.4, 0.5) is 0 Å². The van der Waals surface area contributed by atoms with Gasteiger partial charge in [-0.1, -0.05) is 0 Å². The second kappa shape index (κ2) is 23.6. The number of Topliss-reactive ketones (excluding diaryl/α,β-unsaturated/α-hetero) is 3.